The highest BCUT2D eigenvalue weighted by atomic mass is 79.9. The van der Waals surface area contributed by atoms with Gasteiger partial charge in [-0.1, -0.05) is 53.6 Å². The highest BCUT2D eigenvalue weighted by Gasteiger charge is 1.98. The van der Waals surface area contributed by atoms with Crippen molar-refractivity contribution in [2.24, 2.45) is 0 Å². The molecule has 1 aromatic rings. The topological polar surface area (TPSA) is 12.0 Å². The number of halogens is 1. The third-order valence-electron chi connectivity index (χ3n) is 2.35. The molecule has 1 N–H and O–H groups in total. The lowest BCUT2D eigenvalue weighted by atomic mass is 10.1. The first-order valence-corrected chi connectivity index (χ1v) is 6.45. The summed E-state index contributed by atoms with van der Waals surface area (Å²) in [6.45, 7) is 9.52. The van der Waals surface area contributed by atoms with Gasteiger partial charge in [0.25, 0.3) is 0 Å². The van der Waals surface area contributed by atoms with Crippen molar-refractivity contribution in [1.29, 1.82) is 0 Å². The summed E-state index contributed by atoms with van der Waals surface area (Å²) < 4.78 is 1.16. The molecule has 0 saturated heterocycles. The van der Waals surface area contributed by atoms with Crippen molar-refractivity contribution in [3.63, 3.8) is 0 Å². The summed E-state index contributed by atoms with van der Waals surface area (Å²) in [5.41, 5.74) is 3.87. The highest BCUT2D eigenvalue weighted by Crippen LogP contribution is 2.20. The number of rotatable bonds is 4. The Balaban J connectivity index is 2.74. The molecule has 1 rings (SSSR count). The molecule has 0 atom stereocenters. The summed E-state index contributed by atoms with van der Waals surface area (Å²) >= 11 is 3.59. The van der Waals surface area contributed by atoms with Crippen molar-refractivity contribution in [2.45, 2.75) is 33.7 Å². The minimum absolute atomic E-state index is 0.532. The smallest absolute Gasteiger partial charge is 0.0250 e. The molecule has 0 fully saturated rings. The Morgan fingerprint density at radius 1 is 1.44 bits per heavy atom. The summed E-state index contributed by atoms with van der Waals surface area (Å²) in [5, 5.41) is 3.41. The van der Waals surface area contributed by atoms with Crippen LogP contribution in [0.25, 0.3) is 6.08 Å². The fraction of sp³-hybridized carbons (Fsp3) is 0.429. The molecule has 1 aromatic carbocycles. The maximum Gasteiger partial charge on any atom is 0.0250 e. The predicted octanol–water partition coefficient (Wildman–Crippen LogP) is 4.16. The van der Waals surface area contributed by atoms with Crippen LogP contribution in [0, 0.1) is 6.92 Å². The third-order valence-corrected chi connectivity index (χ3v) is 3.03. The van der Waals surface area contributed by atoms with Gasteiger partial charge in [-0.25, -0.2) is 0 Å². The van der Waals surface area contributed by atoms with Crippen LogP contribution in [0.4, 0.5) is 0 Å². The Kier molecular flexibility index (Phi) is 5.23. The average Bonchev–Trinajstić information content (AvgIpc) is 2.19. The van der Waals surface area contributed by atoms with Crippen molar-refractivity contribution >= 4 is 22.0 Å². The Morgan fingerprint density at radius 2 is 2.12 bits per heavy atom. The quantitative estimate of drug-likeness (QED) is 0.874. The first kappa shape index (κ1) is 13.5. The molecule has 0 spiro atoms. The van der Waals surface area contributed by atoms with Crippen molar-refractivity contribution in [3.05, 3.63) is 39.4 Å². The lowest BCUT2D eigenvalue weighted by molar-refractivity contribution is 0.623. The molecule has 0 saturated carbocycles. The maximum atomic E-state index is 3.59. The fourth-order valence-electron chi connectivity index (χ4n) is 1.43. The van der Waals surface area contributed by atoms with Crippen LogP contribution in [-0.4, -0.2) is 12.6 Å². The van der Waals surface area contributed by atoms with Crippen LogP contribution in [-0.2, 0) is 0 Å². The highest BCUT2D eigenvalue weighted by molar-refractivity contribution is 9.10. The van der Waals surface area contributed by atoms with Gasteiger partial charge in [0, 0.05) is 17.1 Å². The van der Waals surface area contributed by atoms with E-state index in [1.54, 1.807) is 0 Å². The molecule has 0 aromatic heterocycles. The van der Waals surface area contributed by atoms with Gasteiger partial charge >= 0.3 is 0 Å². The van der Waals surface area contributed by atoms with Crippen molar-refractivity contribution in [3.8, 4) is 0 Å². The van der Waals surface area contributed by atoms with E-state index in [9.17, 15) is 0 Å². The van der Waals surface area contributed by atoms with Crippen LogP contribution in [0.3, 0.4) is 0 Å². The molecule has 2 heteroatoms. The van der Waals surface area contributed by atoms with E-state index in [-0.39, 0.29) is 0 Å². The zero-order chi connectivity index (χ0) is 12.1. The molecular formula is C14H20BrN. The fourth-order valence-corrected chi connectivity index (χ4v) is 2.04. The van der Waals surface area contributed by atoms with Crippen LogP contribution in [0.5, 0.6) is 0 Å². The monoisotopic (exact) mass is 281 g/mol. The van der Waals surface area contributed by atoms with Crippen molar-refractivity contribution in [1.82, 2.24) is 5.32 Å². The van der Waals surface area contributed by atoms with Gasteiger partial charge in [0.2, 0.25) is 0 Å². The molecule has 0 amide bonds. The average molecular weight is 282 g/mol. The second-order valence-electron chi connectivity index (χ2n) is 4.55. The van der Waals surface area contributed by atoms with E-state index in [0.717, 1.165) is 11.0 Å². The predicted molar refractivity (Wildman–Crippen MR) is 75.7 cm³/mol. The molecule has 0 bridgehead atoms. The summed E-state index contributed by atoms with van der Waals surface area (Å²) in [5.74, 6) is 0. The van der Waals surface area contributed by atoms with Crippen molar-refractivity contribution in [2.75, 3.05) is 6.54 Å². The molecule has 88 valence electrons. The number of benzene rings is 1. The zero-order valence-electron chi connectivity index (χ0n) is 10.5. The summed E-state index contributed by atoms with van der Waals surface area (Å²) in [6.07, 6.45) is 2.22. The van der Waals surface area contributed by atoms with Crippen LogP contribution in [0.15, 0.2) is 28.2 Å². The number of aryl methyl sites for hydroxylation is 1. The molecule has 0 unspecified atom stereocenters. The largest absolute Gasteiger partial charge is 0.311 e. The Hall–Kier alpha value is -0.600. The van der Waals surface area contributed by atoms with Gasteiger partial charge in [-0.15, -0.1) is 0 Å². The van der Waals surface area contributed by atoms with Gasteiger partial charge in [0.05, 0.1) is 0 Å². The second kappa shape index (κ2) is 6.21. The van der Waals surface area contributed by atoms with E-state index in [2.05, 4.69) is 73.2 Å². The molecule has 0 aliphatic carbocycles. The second-order valence-corrected chi connectivity index (χ2v) is 5.41. The standard InChI is InChI=1S/C14H20BrN/c1-10(2)16-9-12(4)7-13-6-5-11(3)8-14(13)15/h5-8,10,16H,9H2,1-4H3/b12-7+. The number of hydrogen-bond donors (Lipinski definition) is 1. The van der Waals surface area contributed by atoms with E-state index in [1.807, 2.05) is 0 Å². The van der Waals surface area contributed by atoms with Gasteiger partial charge in [-0.05, 0) is 31.0 Å². The Bertz CT molecular complexity index is 380. The van der Waals surface area contributed by atoms with E-state index >= 15 is 0 Å². The Morgan fingerprint density at radius 3 is 2.69 bits per heavy atom. The lowest BCUT2D eigenvalue weighted by Gasteiger charge is -2.08. The maximum absolute atomic E-state index is 3.59. The Labute approximate surface area is 107 Å². The number of hydrogen-bond acceptors (Lipinski definition) is 1. The lowest BCUT2D eigenvalue weighted by Crippen LogP contribution is -2.24. The minimum atomic E-state index is 0.532. The first-order chi connectivity index (χ1) is 7.49. The van der Waals surface area contributed by atoms with E-state index in [4.69, 9.17) is 0 Å². The molecule has 1 nitrogen and oxygen atoms in total. The minimum Gasteiger partial charge on any atom is -0.311 e. The summed E-state index contributed by atoms with van der Waals surface area (Å²) in [7, 11) is 0. The molecule has 16 heavy (non-hydrogen) atoms. The van der Waals surface area contributed by atoms with Crippen LogP contribution < -0.4 is 5.32 Å². The van der Waals surface area contributed by atoms with Gasteiger partial charge in [0.1, 0.15) is 0 Å². The van der Waals surface area contributed by atoms with Gasteiger partial charge in [-0.3, -0.25) is 0 Å². The summed E-state index contributed by atoms with van der Waals surface area (Å²) in [6, 6.07) is 6.97. The SMILES string of the molecule is C/C(=C\c1ccc(C)cc1Br)CNC(C)C. The van der Waals surface area contributed by atoms with Gasteiger partial charge < -0.3 is 5.32 Å². The van der Waals surface area contributed by atoms with Gasteiger partial charge in [0.15, 0.2) is 0 Å². The molecular weight excluding hydrogens is 262 g/mol. The molecule has 0 aliphatic heterocycles. The van der Waals surface area contributed by atoms with Crippen molar-refractivity contribution < 1.29 is 0 Å². The number of nitrogens with one attached hydrogen (secondary N) is 1. The van der Waals surface area contributed by atoms with E-state index in [0.29, 0.717) is 6.04 Å². The zero-order valence-corrected chi connectivity index (χ0v) is 12.1. The normalized spacial score (nSPS) is 12.2. The summed E-state index contributed by atoms with van der Waals surface area (Å²) in [4.78, 5) is 0. The van der Waals surface area contributed by atoms with E-state index in [1.165, 1.54) is 16.7 Å². The molecule has 0 radical (unpaired) electrons. The van der Waals surface area contributed by atoms with Crippen LogP contribution in [0.1, 0.15) is 31.9 Å². The van der Waals surface area contributed by atoms with Crippen LogP contribution in [0.2, 0.25) is 0 Å². The molecule has 0 heterocycles. The molecule has 0 aliphatic rings. The van der Waals surface area contributed by atoms with Gasteiger partial charge in [-0.2, -0.15) is 0 Å². The van der Waals surface area contributed by atoms with E-state index < -0.39 is 0 Å². The van der Waals surface area contributed by atoms with Crippen LogP contribution >= 0.6 is 15.9 Å². The third kappa shape index (κ3) is 4.50. The first-order valence-electron chi connectivity index (χ1n) is 5.65.